The first-order valence-electron chi connectivity index (χ1n) is 13.3. The van der Waals surface area contributed by atoms with Gasteiger partial charge in [-0.1, -0.05) is 44.0 Å². The lowest BCUT2D eigenvalue weighted by Gasteiger charge is -2.01. The Bertz CT molecular complexity index is 1940. The fourth-order valence-corrected chi connectivity index (χ4v) is 4.89. The van der Waals surface area contributed by atoms with Gasteiger partial charge in [0, 0.05) is 43.3 Å². The van der Waals surface area contributed by atoms with E-state index >= 15 is 0 Å². The lowest BCUT2D eigenvalue weighted by molar-refractivity contribution is 0.410. The van der Waals surface area contributed by atoms with Gasteiger partial charge >= 0.3 is 0 Å². The molecular weight excluding hydrogens is 684 g/mol. The summed E-state index contributed by atoms with van der Waals surface area (Å²) in [6, 6.07) is 38.1. The number of methoxy groups -OCH3 is 2. The molecule has 0 aliphatic rings. The van der Waals surface area contributed by atoms with Crippen molar-refractivity contribution in [3.8, 4) is 68.9 Å². The third-order valence-electron chi connectivity index (χ3n) is 6.65. The van der Waals surface area contributed by atoms with Crippen LogP contribution in [0.1, 0.15) is 11.1 Å². The first-order valence-corrected chi connectivity index (χ1v) is 14.9. The van der Waals surface area contributed by atoms with E-state index < -0.39 is 0 Å². The largest absolute Gasteiger partial charge is 0.493 e. The Morgan fingerprint density at radius 1 is 0.500 bits per heavy atom. The van der Waals surface area contributed by atoms with Crippen molar-refractivity contribution in [1.82, 2.24) is 0 Å². The second-order valence-corrected chi connectivity index (χ2v) is 11.2. The molecule has 4 aromatic carbocycles. The van der Waals surface area contributed by atoms with Gasteiger partial charge in [-0.2, -0.15) is 10.5 Å². The summed E-state index contributed by atoms with van der Waals surface area (Å²) < 4.78 is 24.8. The monoisotopic (exact) mass is 706 g/mol. The highest BCUT2D eigenvalue weighted by Gasteiger charge is 2.16. The molecule has 2 heterocycles. The Kier molecular flexibility index (Phi) is 9.66. The van der Waals surface area contributed by atoms with Crippen molar-refractivity contribution in [3.05, 3.63) is 129 Å². The molecule has 0 unspecified atom stereocenters. The standard InChI is InChI=1S/C19H12N2O2.C17H12Br2O2/c1-22-18-10-17(15-6-2-13(11-20)3-7-15)23-19(18)16-8-4-14(12-21)5-9-16;1-20-16-10-15(11-2-6-13(18)7-3-11)21-17(16)12-4-8-14(19)9-5-12/h2-10H,1H3;2-10H,1H3. The molecule has 0 aliphatic carbocycles. The highest BCUT2D eigenvalue weighted by Crippen LogP contribution is 2.39. The van der Waals surface area contributed by atoms with Crippen molar-refractivity contribution < 1.29 is 18.3 Å². The quantitative estimate of drug-likeness (QED) is 0.171. The van der Waals surface area contributed by atoms with E-state index in [1.54, 1.807) is 38.5 Å². The van der Waals surface area contributed by atoms with E-state index in [1.165, 1.54) is 0 Å². The van der Waals surface area contributed by atoms with E-state index in [4.69, 9.17) is 28.8 Å². The minimum absolute atomic E-state index is 0.589. The molecule has 6 aromatic rings. The molecular formula is C36H24Br2N2O4. The summed E-state index contributed by atoms with van der Waals surface area (Å²) in [6.07, 6.45) is 0. The maximum atomic E-state index is 8.87. The molecule has 44 heavy (non-hydrogen) atoms. The number of ether oxygens (including phenoxy) is 2. The highest BCUT2D eigenvalue weighted by molar-refractivity contribution is 9.10. The summed E-state index contributed by atoms with van der Waals surface area (Å²) >= 11 is 6.87. The maximum Gasteiger partial charge on any atom is 0.176 e. The second kappa shape index (κ2) is 14.0. The lowest BCUT2D eigenvalue weighted by atomic mass is 10.1. The van der Waals surface area contributed by atoms with Crippen LogP contribution in [-0.2, 0) is 0 Å². The summed E-state index contributed by atoms with van der Waals surface area (Å²) in [4.78, 5) is 0. The molecule has 0 N–H and O–H groups in total. The van der Waals surface area contributed by atoms with Crippen LogP contribution in [0.15, 0.2) is 127 Å². The Balaban J connectivity index is 0.000000175. The smallest absolute Gasteiger partial charge is 0.176 e. The van der Waals surface area contributed by atoms with Gasteiger partial charge < -0.3 is 18.3 Å². The molecule has 6 nitrogen and oxygen atoms in total. The Labute approximate surface area is 272 Å². The summed E-state index contributed by atoms with van der Waals surface area (Å²) in [5.74, 6) is 4.14. The zero-order valence-corrected chi connectivity index (χ0v) is 26.8. The summed E-state index contributed by atoms with van der Waals surface area (Å²) in [6.45, 7) is 0. The maximum absolute atomic E-state index is 8.87. The molecule has 0 saturated heterocycles. The van der Waals surface area contributed by atoms with Gasteiger partial charge in [-0.05, 0) is 84.9 Å². The average Bonchev–Trinajstić information content (AvgIpc) is 3.71. The van der Waals surface area contributed by atoms with Gasteiger partial charge in [-0.15, -0.1) is 0 Å². The van der Waals surface area contributed by atoms with Crippen molar-refractivity contribution in [2.45, 2.75) is 0 Å². The van der Waals surface area contributed by atoms with Crippen molar-refractivity contribution in [2.75, 3.05) is 14.2 Å². The average molecular weight is 708 g/mol. The van der Waals surface area contributed by atoms with E-state index in [-0.39, 0.29) is 0 Å². The van der Waals surface area contributed by atoms with Crippen LogP contribution in [0.3, 0.4) is 0 Å². The number of furan rings is 2. The molecule has 0 amide bonds. The summed E-state index contributed by atoms with van der Waals surface area (Å²) in [5.41, 5.74) is 4.88. The second-order valence-electron chi connectivity index (χ2n) is 9.41. The fourth-order valence-electron chi connectivity index (χ4n) is 4.36. The molecule has 0 fully saturated rings. The van der Waals surface area contributed by atoms with Crippen LogP contribution in [0, 0.1) is 22.7 Å². The van der Waals surface area contributed by atoms with Gasteiger partial charge in [-0.25, -0.2) is 0 Å². The van der Waals surface area contributed by atoms with E-state index in [2.05, 4.69) is 44.0 Å². The van der Waals surface area contributed by atoms with Crippen molar-refractivity contribution in [3.63, 3.8) is 0 Å². The Morgan fingerprint density at radius 3 is 1.16 bits per heavy atom. The van der Waals surface area contributed by atoms with Gasteiger partial charge in [0.25, 0.3) is 0 Å². The van der Waals surface area contributed by atoms with Crippen LogP contribution in [0.5, 0.6) is 11.5 Å². The number of nitrogens with zero attached hydrogens (tertiary/aromatic N) is 2. The van der Waals surface area contributed by atoms with Crippen LogP contribution in [0.2, 0.25) is 0 Å². The molecule has 216 valence electrons. The zero-order valence-electron chi connectivity index (χ0n) is 23.7. The third-order valence-corrected chi connectivity index (χ3v) is 7.70. The first-order chi connectivity index (χ1) is 21.4. The zero-order chi connectivity index (χ0) is 31.1. The van der Waals surface area contributed by atoms with Crippen molar-refractivity contribution >= 4 is 31.9 Å². The molecule has 0 aliphatic heterocycles. The van der Waals surface area contributed by atoms with Gasteiger partial charge in [-0.3, -0.25) is 0 Å². The minimum Gasteiger partial charge on any atom is -0.493 e. The summed E-state index contributed by atoms with van der Waals surface area (Å²) in [7, 11) is 3.24. The predicted octanol–water partition coefficient (Wildman–Crippen LogP) is 10.5. The molecule has 0 spiro atoms. The molecule has 2 aromatic heterocycles. The normalized spacial score (nSPS) is 10.2. The number of nitriles is 2. The molecule has 0 radical (unpaired) electrons. The topological polar surface area (TPSA) is 92.3 Å². The number of benzene rings is 4. The SMILES string of the molecule is COc1cc(-c2ccc(Br)cc2)oc1-c1ccc(Br)cc1.COc1cc(-c2ccc(C#N)cc2)oc1-c1ccc(C#N)cc1. The van der Waals surface area contributed by atoms with Crippen LogP contribution < -0.4 is 9.47 Å². The van der Waals surface area contributed by atoms with Gasteiger partial charge in [0.05, 0.1) is 37.5 Å². The summed E-state index contributed by atoms with van der Waals surface area (Å²) in [5, 5.41) is 17.7. The Morgan fingerprint density at radius 2 is 0.818 bits per heavy atom. The minimum atomic E-state index is 0.589. The van der Waals surface area contributed by atoms with Gasteiger partial charge in [0.15, 0.2) is 23.0 Å². The van der Waals surface area contributed by atoms with Crippen LogP contribution in [-0.4, -0.2) is 14.2 Å². The molecule has 8 heteroatoms. The molecule has 0 saturated carbocycles. The third kappa shape index (κ3) is 6.95. The van der Waals surface area contributed by atoms with E-state index in [0.29, 0.717) is 28.4 Å². The number of rotatable bonds is 6. The van der Waals surface area contributed by atoms with Gasteiger partial charge in [0.2, 0.25) is 0 Å². The van der Waals surface area contributed by atoms with Crippen molar-refractivity contribution in [1.29, 1.82) is 10.5 Å². The van der Waals surface area contributed by atoms with Crippen LogP contribution in [0.4, 0.5) is 0 Å². The van der Waals surface area contributed by atoms with E-state index in [9.17, 15) is 0 Å². The number of hydrogen-bond acceptors (Lipinski definition) is 6. The number of hydrogen-bond donors (Lipinski definition) is 0. The van der Waals surface area contributed by atoms with Crippen molar-refractivity contribution in [2.24, 2.45) is 0 Å². The fraction of sp³-hybridized carbons (Fsp3) is 0.0556. The van der Waals surface area contributed by atoms with E-state index in [1.807, 2.05) is 84.9 Å². The first kappa shape index (κ1) is 30.4. The van der Waals surface area contributed by atoms with Crippen LogP contribution in [0.25, 0.3) is 45.3 Å². The molecule has 0 bridgehead atoms. The number of halogens is 2. The Hall–Kier alpha value is -5.02. The predicted molar refractivity (Wildman–Crippen MR) is 177 cm³/mol. The molecule has 6 rings (SSSR count). The van der Waals surface area contributed by atoms with E-state index in [0.717, 1.165) is 48.5 Å². The van der Waals surface area contributed by atoms with Crippen LogP contribution >= 0.6 is 31.9 Å². The van der Waals surface area contributed by atoms with Gasteiger partial charge in [0.1, 0.15) is 11.5 Å². The highest BCUT2D eigenvalue weighted by atomic mass is 79.9. The lowest BCUT2D eigenvalue weighted by Crippen LogP contribution is -1.83. The molecule has 0 atom stereocenters.